The molecule has 0 aliphatic carbocycles. The number of aromatic nitrogens is 1. The van der Waals surface area contributed by atoms with Gasteiger partial charge in [0.2, 0.25) is 0 Å². The number of benzene rings is 2. The Labute approximate surface area is 121 Å². The first kappa shape index (κ1) is 12.1. The van der Waals surface area contributed by atoms with Crippen LogP contribution in [-0.2, 0) is 0 Å². The molecular formula is C17H12BrN. The summed E-state index contributed by atoms with van der Waals surface area (Å²) in [7, 11) is 0. The van der Waals surface area contributed by atoms with E-state index in [1.807, 2.05) is 30.5 Å². The van der Waals surface area contributed by atoms with Crippen molar-refractivity contribution in [3.8, 4) is 22.4 Å². The molecule has 0 aliphatic rings. The molecule has 1 nitrogen and oxygen atoms in total. The van der Waals surface area contributed by atoms with Crippen LogP contribution in [0.3, 0.4) is 0 Å². The Kier molecular flexibility index (Phi) is 3.43. The third kappa shape index (κ3) is 2.59. The summed E-state index contributed by atoms with van der Waals surface area (Å²) in [5, 5.41) is 0. The van der Waals surface area contributed by atoms with Crippen LogP contribution < -0.4 is 0 Å². The SMILES string of the molecule is Brc1ccc(-c2ccccc2-c2ccccn2)cc1. The van der Waals surface area contributed by atoms with E-state index in [0.717, 1.165) is 15.7 Å². The van der Waals surface area contributed by atoms with Crippen LogP contribution in [0.5, 0.6) is 0 Å². The lowest BCUT2D eigenvalue weighted by atomic mass is 9.97. The second-order valence-corrected chi connectivity index (χ2v) is 5.18. The van der Waals surface area contributed by atoms with Crippen molar-refractivity contribution in [2.24, 2.45) is 0 Å². The molecule has 3 rings (SSSR count). The maximum atomic E-state index is 4.44. The predicted molar refractivity (Wildman–Crippen MR) is 82.8 cm³/mol. The molecule has 0 saturated carbocycles. The Hall–Kier alpha value is -1.93. The zero-order valence-corrected chi connectivity index (χ0v) is 11.8. The normalized spacial score (nSPS) is 10.4. The minimum atomic E-state index is 1.00. The number of hydrogen-bond donors (Lipinski definition) is 0. The highest BCUT2D eigenvalue weighted by Crippen LogP contribution is 2.31. The van der Waals surface area contributed by atoms with Gasteiger partial charge in [0.25, 0.3) is 0 Å². The lowest BCUT2D eigenvalue weighted by Gasteiger charge is -2.09. The van der Waals surface area contributed by atoms with Gasteiger partial charge in [0.05, 0.1) is 5.69 Å². The molecule has 92 valence electrons. The third-order valence-electron chi connectivity index (χ3n) is 3.02. The lowest BCUT2D eigenvalue weighted by Crippen LogP contribution is -1.87. The summed E-state index contributed by atoms with van der Waals surface area (Å²) in [6, 6.07) is 22.7. The number of rotatable bonds is 2. The van der Waals surface area contributed by atoms with Crippen molar-refractivity contribution >= 4 is 15.9 Å². The highest BCUT2D eigenvalue weighted by molar-refractivity contribution is 9.10. The van der Waals surface area contributed by atoms with Crippen molar-refractivity contribution < 1.29 is 0 Å². The summed E-state index contributed by atoms with van der Waals surface area (Å²) in [5.41, 5.74) is 4.56. The molecule has 0 spiro atoms. The van der Waals surface area contributed by atoms with E-state index in [0.29, 0.717) is 0 Å². The van der Waals surface area contributed by atoms with Crippen molar-refractivity contribution in [3.05, 3.63) is 77.4 Å². The standard InChI is InChI=1S/C17H12BrN/c18-14-10-8-13(9-11-14)15-5-1-2-6-16(15)17-7-3-4-12-19-17/h1-12H. The predicted octanol–water partition coefficient (Wildman–Crippen LogP) is 5.18. The van der Waals surface area contributed by atoms with Crippen molar-refractivity contribution in [2.75, 3.05) is 0 Å². The number of hydrogen-bond acceptors (Lipinski definition) is 1. The second-order valence-electron chi connectivity index (χ2n) is 4.27. The van der Waals surface area contributed by atoms with Crippen LogP contribution in [0.2, 0.25) is 0 Å². The van der Waals surface area contributed by atoms with E-state index in [1.54, 1.807) is 0 Å². The van der Waals surface area contributed by atoms with E-state index in [2.05, 4.69) is 63.4 Å². The van der Waals surface area contributed by atoms with Crippen LogP contribution in [0.25, 0.3) is 22.4 Å². The van der Waals surface area contributed by atoms with E-state index in [4.69, 9.17) is 0 Å². The maximum absolute atomic E-state index is 4.44. The van der Waals surface area contributed by atoms with E-state index < -0.39 is 0 Å². The van der Waals surface area contributed by atoms with Crippen LogP contribution in [0.1, 0.15) is 0 Å². The first-order valence-corrected chi connectivity index (χ1v) is 6.90. The van der Waals surface area contributed by atoms with Crippen molar-refractivity contribution in [2.45, 2.75) is 0 Å². The molecule has 0 radical (unpaired) electrons. The van der Waals surface area contributed by atoms with Crippen molar-refractivity contribution in [3.63, 3.8) is 0 Å². The summed E-state index contributed by atoms with van der Waals surface area (Å²) in [4.78, 5) is 4.44. The zero-order chi connectivity index (χ0) is 13.1. The van der Waals surface area contributed by atoms with E-state index in [1.165, 1.54) is 11.1 Å². The highest BCUT2D eigenvalue weighted by Gasteiger charge is 2.07. The summed E-state index contributed by atoms with van der Waals surface area (Å²) in [6.07, 6.45) is 1.83. The fourth-order valence-electron chi connectivity index (χ4n) is 2.11. The molecule has 2 heteroatoms. The Morgan fingerprint density at radius 3 is 2.05 bits per heavy atom. The average molecular weight is 310 g/mol. The second kappa shape index (κ2) is 5.37. The summed E-state index contributed by atoms with van der Waals surface area (Å²) < 4.78 is 1.09. The van der Waals surface area contributed by atoms with Gasteiger partial charge in [-0.05, 0) is 35.4 Å². The minimum Gasteiger partial charge on any atom is -0.256 e. The zero-order valence-electron chi connectivity index (χ0n) is 10.3. The van der Waals surface area contributed by atoms with E-state index in [9.17, 15) is 0 Å². The number of halogens is 1. The van der Waals surface area contributed by atoms with Gasteiger partial charge >= 0.3 is 0 Å². The fraction of sp³-hybridized carbons (Fsp3) is 0. The Balaban J connectivity index is 2.15. The molecule has 0 unspecified atom stereocenters. The molecule has 0 saturated heterocycles. The molecule has 0 atom stereocenters. The van der Waals surface area contributed by atoms with Crippen molar-refractivity contribution in [1.82, 2.24) is 4.98 Å². The molecule has 0 N–H and O–H groups in total. The summed E-state index contributed by atoms with van der Waals surface area (Å²) in [5.74, 6) is 0. The monoisotopic (exact) mass is 309 g/mol. The van der Waals surface area contributed by atoms with Gasteiger partial charge in [-0.2, -0.15) is 0 Å². The Bertz CT molecular complexity index is 675. The molecule has 0 bridgehead atoms. The first-order chi connectivity index (χ1) is 9.34. The average Bonchev–Trinajstić information content (AvgIpc) is 2.49. The lowest BCUT2D eigenvalue weighted by molar-refractivity contribution is 1.33. The van der Waals surface area contributed by atoms with Crippen LogP contribution in [0.4, 0.5) is 0 Å². The molecular weight excluding hydrogens is 298 g/mol. The molecule has 2 aromatic carbocycles. The van der Waals surface area contributed by atoms with E-state index in [-0.39, 0.29) is 0 Å². The van der Waals surface area contributed by atoms with Crippen LogP contribution >= 0.6 is 15.9 Å². The van der Waals surface area contributed by atoms with Crippen LogP contribution in [0.15, 0.2) is 77.4 Å². The Morgan fingerprint density at radius 2 is 1.37 bits per heavy atom. The van der Waals surface area contributed by atoms with Gasteiger partial charge < -0.3 is 0 Å². The van der Waals surface area contributed by atoms with E-state index >= 15 is 0 Å². The van der Waals surface area contributed by atoms with Crippen molar-refractivity contribution in [1.29, 1.82) is 0 Å². The fourth-order valence-corrected chi connectivity index (χ4v) is 2.37. The van der Waals surface area contributed by atoms with Gasteiger partial charge in [-0.3, -0.25) is 4.98 Å². The maximum Gasteiger partial charge on any atom is 0.0708 e. The Morgan fingerprint density at radius 1 is 0.684 bits per heavy atom. The van der Waals surface area contributed by atoms with Crippen LogP contribution in [0, 0.1) is 0 Å². The number of pyridine rings is 1. The molecule has 0 fully saturated rings. The molecule has 1 heterocycles. The highest BCUT2D eigenvalue weighted by atomic mass is 79.9. The molecule has 0 aliphatic heterocycles. The molecule has 0 amide bonds. The minimum absolute atomic E-state index is 1.00. The van der Waals surface area contributed by atoms with Gasteiger partial charge in [0, 0.05) is 16.2 Å². The van der Waals surface area contributed by atoms with Gasteiger partial charge in [-0.1, -0.05) is 58.4 Å². The quantitative estimate of drug-likeness (QED) is 0.635. The first-order valence-electron chi connectivity index (χ1n) is 6.11. The van der Waals surface area contributed by atoms with Gasteiger partial charge in [0.1, 0.15) is 0 Å². The molecule has 19 heavy (non-hydrogen) atoms. The molecule has 1 aromatic heterocycles. The third-order valence-corrected chi connectivity index (χ3v) is 3.55. The topological polar surface area (TPSA) is 12.9 Å². The summed E-state index contributed by atoms with van der Waals surface area (Å²) in [6.45, 7) is 0. The van der Waals surface area contributed by atoms with Crippen LogP contribution in [-0.4, -0.2) is 4.98 Å². The van der Waals surface area contributed by atoms with Gasteiger partial charge in [-0.25, -0.2) is 0 Å². The largest absolute Gasteiger partial charge is 0.256 e. The summed E-state index contributed by atoms with van der Waals surface area (Å²) >= 11 is 3.47. The van der Waals surface area contributed by atoms with Gasteiger partial charge in [-0.15, -0.1) is 0 Å². The number of nitrogens with zero attached hydrogens (tertiary/aromatic N) is 1. The van der Waals surface area contributed by atoms with Gasteiger partial charge in [0.15, 0.2) is 0 Å². The smallest absolute Gasteiger partial charge is 0.0708 e. The molecule has 3 aromatic rings.